The third-order valence-corrected chi connectivity index (χ3v) is 7.38. The zero-order valence-electron chi connectivity index (χ0n) is 19.1. The molecule has 37 heavy (non-hydrogen) atoms. The van der Waals surface area contributed by atoms with E-state index in [9.17, 15) is 26.4 Å². The monoisotopic (exact) mass is 527 g/mol. The van der Waals surface area contributed by atoms with E-state index in [1.165, 1.54) is 43.0 Å². The molecule has 0 aliphatic heterocycles. The summed E-state index contributed by atoms with van der Waals surface area (Å²) >= 11 is 0. The molecule has 2 N–H and O–H groups in total. The van der Waals surface area contributed by atoms with Crippen molar-refractivity contribution in [2.75, 3.05) is 10.0 Å². The fourth-order valence-corrected chi connectivity index (χ4v) is 5.13. The third kappa shape index (κ3) is 5.69. The van der Waals surface area contributed by atoms with Gasteiger partial charge in [-0.3, -0.25) is 9.78 Å². The highest BCUT2D eigenvalue weighted by atomic mass is 32.2. The molecule has 5 rings (SSSR count). The van der Waals surface area contributed by atoms with Crippen LogP contribution in [0.5, 0.6) is 0 Å². The van der Waals surface area contributed by atoms with Crippen molar-refractivity contribution >= 4 is 38.3 Å². The molecule has 2 aromatic heterocycles. The molecule has 1 amide bonds. The first kappa shape index (κ1) is 24.6. The lowest BCUT2D eigenvalue weighted by Gasteiger charge is -2.11. The van der Waals surface area contributed by atoms with Crippen LogP contribution in [0, 0.1) is 5.92 Å². The molecule has 0 spiro atoms. The lowest BCUT2D eigenvalue weighted by molar-refractivity contribution is -0.127. The Bertz CT molecular complexity index is 1560. The number of nitrogens with zero attached hydrogens (tertiary/aromatic N) is 3. The summed E-state index contributed by atoms with van der Waals surface area (Å²) < 4.78 is 66.2. The summed E-state index contributed by atoms with van der Waals surface area (Å²) in [4.78, 5) is 24.4. The molecule has 0 saturated heterocycles. The number of carbonyl (C=O) groups excluding carboxylic acids is 1. The Morgan fingerprint density at radius 3 is 2.46 bits per heavy atom. The molecule has 1 aliphatic carbocycles. The Morgan fingerprint density at radius 2 is 1.76 bits per heavy atom. The second-order valence-electron chi connectivity index (χ2n) is 8.71. The number of sulfonamides is 1. The van der Waals surface area contributed by atoms with Gasteiger partial charge in [0.1, 0.15) is 0 Å². The summed E-state index contributed by atoms with van der Waals surface area (Å²) in [6, 6.07) is 12.6. The largest absolute Gasteiger partial charge is 0.393 e. The van der Waals surface area contributed by atoms with E-state index < -0.39 is 22.6 Å². The summed E-state index contributed by atoms with van der Waals surface area (Å²) in [5.41, 5.74) is 1.24. The molecule has 2 heterocycles. The fraction of sp³-hybridized carbons (Fsp3) is 0.200. The van der Waals surface area contributed by atoms with Crippen molar-refractivity contribution in [3.8, 4) is 0 Å². The number of hydrogen-bond donors (Lipinski definition) is 2. The second kappa shape index (κ2) is 9.43. The highest BCUT2D eigenvalue weighted by Gasteiger charge is 2.44. The summed E-state index contributed by atoms with van der Waals surface area (Å²) in [5, 5.41) is 3.72. The minimum atomic E-state index is -4.38. The second-order valence-corrected chi connectivity index (χ2v) is 10.4. The number of aromatic nitrogens is 3. The number of rotatable bonds is 7. The minimum Gasteiger partial charge on any atom is -0.326 e. The first-order chi connectivity index (χ1) is 17.6. The molecular formula is C25H20F3N5O3S. The number of fused-ring (bicyclic) bond motifs is 1. The highest BCUT2D eigenvalue weighted by Crippen LogP contribution is 2.48. The molecule has 2 aromatic carbocycles. The molecular weight excluding hydrogens is 507 g/mol. The number of nitrogens with one attached hydrogen (secondary N) is 2. The Labute approximate surface area is 210 Å². The number of anilines is 2. The predicted octanol–water partition coefficient (Wildman–Crippen LogP) is 4.67. The van der Waals surface area contributed by atoms with Crippen LogP contribution in [-0.4, -0.2) is 35.5 Å². The van der Waals surface area contributed by atoms with E-state index >= 15 is 0 Å². The van der Waals surface area contributed by atoms with E-state index in [1.54, 1.807) is 30.3 Å². The van der Waals surface area contributed by atoms with Gasteiger partial charge in [-0.25, -0.2) is 23.1 Å². The molecule has 0 bridgehead atoms. The maximum Gasteiger partial charge on any atom is 0.393 e. The number of carbonyl (C=O) groups is 1. The maximum atomic E-state index is 12.9. The third-order valence-electron chi connectivity index (χ3n) is 6.04. The smallest absolute Gasteiger partial charge is 0.326 e. The van der Waals surface area contributed by atoms with Crippen LogP contribution < -0.4 is 10.0 Å². The van der Waals surface area contributed by atoms with E-state index in [0.29, 0.717) is 22.9 Å². The Kier molecular flexibility index (Phi) is 6.28. The SMILES string of the molecule is O=C(Nc1ccc2cncc(CC(F)(F)F)c2c1)[C@@H]1CC1c1ccc(S(=O)(=O)Nc2ncccn2)cc1. The summed E-state index contributed by atoms with van der Waals surface area (Å²) in [6.45, 7) is 0. The van der Waals surface area contributed by atoms with E-state index in [2.05, 4.69) is 25.0 Å². The average molecular weight is 528 g/mol. The van der Waals surface area contributed by atoms with Crippen molar-refractivity contribution < 1.29 is 26.4 Å². The Balaban J connectivity index is 1.25. The van der Waals surface area contributed by atoms with E-state index in [1.807, 2.05) is 0 Å². The molecule has 12 heteroatoms. The fourth-order valence-electron chi connectivity index (χ4n) is 4.17. The molecule has 1 aliphatic rings. The summed E-state index contributed by atoms with van der Waals surface area (Å²) in [5.74, 6) is -0.718. The van der Waals surface area contributed by atoms with Gasteiger partial charge in [-0.1, -0.05) is 18.2 Å². The lowest BCUT2D eigenvalue weighted by atomic mass is 10.0. The minimum absolute atomic E-state index is 0.0330. The van der Waals surface area contributed by atoms with Gasteiger partial charge in [-0.2, -0.15) is 13.2 Å². The highest BCUT2D eigenvalue weighted by molar-refractivity contribution is 7.92. The molecule has 8 nitrogen and oxygen atoms in total. The van der Waals surface area contributed by atoms with Crippen LogP contribution in [0.25, 0.3) is 10.8 Å². The first-order valence-electron chi connectivity index (χ1n) is 11.2. The van der Waals surface area contributed by atoms with Crippen LogP contribution in [0.4, 0.5) is 24.8 Å². The molecule has 4 aromatic rings. The Morgan fingerprint density at radius 1 is 1.03 bits per heavy atom. The van der Waals surface area contributed by atoms with Crippen LogP contribution in [0.1, 0.15) is 23.5 Å². The zero-order valence-corrected chi connectivity index (χ0v) is 19.9. The molecule has 1 unspecified atom stereocenters. The number of halogens is 3. The standard InChI is InChI=1S/C25H20F3N5O3S/c26-25(27,28)12-17-14-29-13-16-2-5-18(10-20(16)17)32-23(34)22-11-21(22)15-3-6-19(7-4-15)37(35,36)33-24-30-8-1-9-31-24/h1-10,13-14,21-22H,11-12H2,(H,32,34)(H,30,31,33)/t21?,22-/m1/s1. The lowest BCUT2D eigenvalue weighted by Crippen LogP contribution is -2.15. The van der Waals surface area contributed by atoms with Gasteiger partial charge in [0.25, 0.3) is 10.0 Å². The van der Waals surface area contributed by atoms with E-state index in [4.69, 9.17) is 0 Å². The van der Waals surface area contributed by atoms with Gasteiger partial charge in [-0.15, -0.1) is 0 Å². The van der Waals surface area contributed by atoms with E-state index in [-0.39, 0.29) is 34.2 Å². The summed E-state index contributed by atoms with van der Waals surface area (Å²) in [6.07, 6.45) is 0.584. The molecule has 190 valence electrons. The Hall–Kier alpha value is -4.06. The van der Waals surface area contributed by atoms with Gasteiger partial charge >= 0.3 is 6.18 Å². The zero-order chi connectivity index (χ0) is 26.2. The average Bonchev–Trinajstić information content (AvgIpc) is 3.65. The van der Waals surface area contributed by atoms with Crippen LogP contribution in [-0.2, 0) is 21.2 Å². The van der Waals surface area contributed by atoms with Crippen molar-refractivity contribution in [1.29, 1.82) is 0 Å². The molecule has 2 atom stereocenters. The van der Waals surface area contributed by atoms with Crippen molar-refractivity contribution in [3.63, 3.8) is 0 Å². The van der Waals surface area contributed by atoms with Crippen molar-refractivity contribution in [3.05, 3.63) is 84.4 Å². The maximum absolute atomic E-state index is 12.9. The van der Waals surface area contributed by atoms with Gasteiger partial charge in [0, 0.05) is 41.8 Å². The number of amides is 1. The topological polar surface area (TPSA) is 114 Å². The van der Waals surface area contributed by atoms with Gasteiger partial charge in [0.05, 0.1) is 11.3 Å². The number of hydrogen-bond acceptors (Lipinski definition) is 6. The summed E-state index contributed by atoms with van der Waals surface area (Å²) in [7, 11) is -3.87. The predicted molar refractivity (Wildman–Crippen MR) is 130 cm³/mol. The number of benzene rings is 2. The molecule has 1 fully saturated rings. The van der Waals surface area contributed by atoms with Gasteiger partial charge in [0.2, 0.25) is 11.9 Å². The van der Waals surface area contributed by atoms with Crippen molar-refractivity contribution in [2.24, 2.45) is 5.92 Å². The number of pyridine rings is 1. The van der Waals surface area contributed by atoms with Crippen LogP contribution in [0.15, 0.2) is 78.2 Å². The van der Waals surface area contributed by atoms with Gasteiger partial charge in [0.15, 0.2) is 0 Å². The normalized spacial score (nSPS) is 17.4. The van der Waals surface area contributed by atoms with Crippen LogP contribution in [0.2, 0.25) is 0 Å². The quantitative estimate of drug-likeness (QED) is 0.361. The molecule has 1 saturated carbocycles. The van der Waals surface area contributed by atoms with Crippen LogP contribution >= 0.6 is 0 Å². The van der Waals surface area contributed by atoms with E-state index in [0.717, 1.165) is 5.56 Å². The van der Waals surface area contributed by atoms with Crippen molar-refractivity contribution in [1.82, 2.24) is 15.0 Å². The van der Waals surface area contributed by atoms with Gasteiger partial charge < -0.3 is 5.32 Å². The molecule has 0 radical (unpaired) electrons. The van der Waals surface area contributed by atoms with Gasteiger partial charge in [-0.05, 0) is 59.2 Å². The number of alkyl halides is 3. The first-order valence-corrected chi connectivity index (χ1v) is 12.7. The van der Waals surface area contributed by atoms with Crippen molar-refractivity contribution in [2.45, 2.75) is 29.8 Å². The van der Waals surface area contributed by atoms with Crippen LogP contribution in [0.3, 0.4) is 0 Å².